The highest BCUT2D eigenvalue weighted by atomic mass is 15.3. The number of hydrogen-bond donors (Lipinski definition) is 0. The van der Waals surface area contributed by atoms with E-state index in [1.54, 1.807) is 0 Å². The van der Waals surface area contributed by atoms with Gasteiger partial charge in [-0.15, -0.1) is 0 Å². The maximum Gasteiger partial charge on any atom is 0.0862 e. The highest BCUT2D eigenvalue weighted by molar-refractivity contribution is 5.90. The number of nitrogens with zero attached hydrogens (tertiary/aromatic N) is 4. The minimum absolute atomic E-state index is 0.466. The minimum Gasteiger partial charge on any atom is -0.330 e. The smallest absolute Gasteiger partial charge is 0.0862 e. The summed E-state index contributed by atoms with van der Waals surface area (Å²) < 4.78 is 0. The highest BCUT2D eigenvalue weighted by Gasteiger charge is 2.41. The molecule has 2 aliphatic carbocycles. The molecule has 0 aromatic heterocycles. The molecule has 9 rings (SSSR count). The van der Waals surface area contributed by atoms with E-state index in [9.17, 15) is 0 Å². The van der Waals surface area contributed by atoms with Crippen molar-refractivity contribution < 1.29 is 0 Å². The summed E-state index contributed by atoms with van der Waals surface area (Å²) in [6.45, 7) is 2.38. The highest BCUT2D eigenvalue weighted by Crippen LogP contribution is 2.48. The number of para-hydroxylation sites is 7. The van der Waals surface area contributed by atoms with Crippen molar-refractivity contribution in [1.29, 1.82) is 0 Å². The molecule has 288 valence electrons. The zero-order chi connectivity index (χ0) is 39.9. The van der Waals surface area contributed by atoms with Crippen molar-refractivity contribution in [3.63, 3.8) is 0 Å². The van der Waals surface area contributed by atoms with Gasteiger partial charge in [-0.3, -0.25) is 0 Å². The largest absolute Gasteiger partial charge is 0.330 e. The van der Waals surface area contributed by atoms with Crippen LogP contribution in [0.2, 0.25) is 0 Å². The molecule has 4 nitrogen and oxygen atoms in total. The van der Waals surface area contributed by atoms with Crippen molar-refractivity contribution >= 4 is 51.2 Å². The first-order valence-electron chi connectivity index (χ1n) is 20.6. The molecule has 4 heteroatoms. The molecule has 0 radical (unpaired) electrons. The van der Waals surface area contributed by atoms with Crippen LogP contribution in [-0.4, -0.2) is 5.54 Å². The zero-order valence-corrected chi connectivity index (χ0v) is 33.4. The molecule has 0 saturated heterocycles. The van der Waals surface area contributed by atoms with E-state index in [1.165, 1.54) is 11.4 Å². The van der Waals surface area contributed by atoms with Gasteiger partial charge in [-0.2, -0.15) is 0 Å². The molecular formula is C55H48N4. The lowest BCUT2D eigenvalue weighted by Crippen LogP contribution is -2.50. The molecule has 0 bridgehead atoms. The summed E-state index contributed by atoms with van der Waals surface area (Å²) in [6, 6.07) is 71.6. The molecule has 0 amide bonds. The third kappa shape index (κ3) is 7.61. The summed E-state index contributed by atoms with van der Waals surface area (Å²) in [5, 5.41) is 0. The van der Waals surface area contributed by atoms with Crippen molar-refractivity contribution in [3.05, 3.63) is 248 Å². The van der Waals surface area contributed by atoms with E-state index in [2.05, 4.69) is 263 Å². The van der Waals surface area contributed by atoms with Gasteiger partial charge in [0.05, 0.1) is 16.9 Å². The Balaban J connectivity index is 1.17. The van der Waals surface area contributed by atoms with Crippen molar-refractivity contribution in [2.24, 2.45) is 0 Å². The van der Waals surface area contributed by atoms with Gasteiger partial charge in [-0.05, 0) is 135 Å². The quantitative estimate of drug-likeness (QED) is 0.123. The maximum atomic E-state index is 2.52. The van der Waals surface area contributed by atoms with E-state index in [-0.39, 0.29) is 0 Å². The number of allylic oxidation sites excluding steroid dienone is 5. The Kier molecular flexibility index (Phi) is 10.8. The number of anilines is 9. The predicted octanol–water partition coefficient (Wildman–Crippen LogP) is 15.1. The fourth-order valence-corrected chi connectivity index (χ4v) is 8.51. The molecule has 0 spiro atoms. The lowest BCUT2D eigenvalue weighted by Gasteiger charge is -2.48. The van der Waals surface area contributed by atoms with Crippen LogP contribution in [0.3, 0.4) is 0 Å². The Bertz CT molecular complexity index is 2540. The van der Waals surface area contributed by atoms with Gasteiger partial charge in [0.25, 0.3) is 0 Å². The monoisotopic (exact) mass is 764 g/mol. The molecule has 0 N–H and O–H groups in total. The van der Waals surface area contributed by atoms with Crippen LogP contribution < -0.4 is 19.6 Å². The van der Waals surface area contributed by atoms with Crippen LogP contribution in [-0.2, 0) is 0 Å². The molecule has 0 heterocycles. The van der Waals surface area contributed by atoms with Crippen molar-refractivity contribution in [1.82, 2.24) is 0 Å². The molecule has 59 heavy (non-hydrogen) atoms. The summed E-state index contributed by atoms with van der Waals surface area (Å²) >= 11 is 0. The minimum atomic E-state index is -0.466. The van der Waals surface area contributed by atoms with Crippen LogP contribution in [0.15, 0.2) is 248 Å². The van der Waals surface area contributed by atoms with E-state index in [1.807, 2.05) is 0 Å². The number of rotatable bonds is 12. The fourth-order valence-electron chi connectivity index (χ4n) is 8.51. The zero-order valence-electron chi connectivity index (χ0n) is 33.4. The average molecular weight is 765 g/mol. The van der Waals surface area contributed by atoms with E-state index in [4.69, 9.17) is 0 Å². The standard InChI is InChI=1S/C55H48N4/c1-55(43-23-22-38-54(55)58(47-30-14-5-15-31-47)48-32-16-6-17-33-48)59(50-34-18-7-19-35-50)51-41-39-49(40-42-51)57(46-28-12-4-13-29-46)53-37-21-20-36-52(53)56(44-24-8-2-9-25-44)45-26-10-3-11-27-45/h2,4-10,12-42H,3,11,43H2,1H3. The normalized spacial score (nSPS) is 15.8. The Labute approximate surface area is 349 Å². The van der Waals surface area contributed by atoms with Gasteiger partial charge in [0.1, 0.15) is 0 Å². The predicted molar refractivity (Wildman–Crippen MR) is 250 cm³/mol. The lowest BCUT2D eigenvalue weighted by atomic mass is 9.84. The Hall–Kier alpha value is -7.30. The summed E-state index contributed by atoms with van der Waals surface area (Å²) in [4.78, 5) is 9.71. The second-order valence-electron chi connectivity index (χ2n) is 15.1. The summed E-state index contributed by atoms with van der Waals surface area (Å²) in [6.07, 6.45) is 16.6. The van der Waals surface area contributed by atoms with Gasteiger partial charge >= 0.3 is 0 Å². The molecule has 0 fully saturated rings. The van der Waals surface area contributed by atoms with Crippen molar-refractivity contribution in [2.75, 3.05) is 19.6 Å². The average Bonchev–Trinajstić information content (AvgIpc) is 3.31. The number of hydrogen-bond acceptors (Lipinski definition) is 4. The first-order chi connectivity index (χ1) is 29.2. The summed E-state index contributed by atoms with van der Waals surface area (Å²) in [5.41, 5.74) is 11.9. The number of benzene rings is 7. The van der Waals surface area contributed by atoms with Gasteiger partial charge in [0.15, 0.2) is 0 Å². The SMILES string of the molecule is CC1(N(c2ccccc2)c2ccc(N(c3ccccc3)c3ccccc3N(C3=CCCC=C3)c3ccccc3)cc2)CC=CC=C1N(c1ccccc1)c1ccccc1. The molecule has 1 atom stereocenters. The van der Waals surface area contributed by atoms with Crippen LogP contribution in [0.25, 0.3) is 0 Å². The van der Waals surface area contributed by atoms with Gasteiger partial charge < -0.3 is 19.6 Å². The van der Waals surface area contributed by atoms with Crippen LogP contribution in [0.5, 0.6) is 0 Å². The molecule has 0 aliphatic heterocycles. The van der Waals surface area contributed by atoms with E-state index in [0.717, 1.165) is 70.4 Å². The van der Waals surface area contributed by atoms with Gasteiger partial charge in [0, 0.05) is 51.2 Å². The molecule has 1 unspecified atom stereocenters. The van der Waals surface area contributed by atoms with Gasteiger partial charge in [0.2, 0.25) is 0 Å². The third-order valence-electron chi connectivity index (χ3n) is 11.2. The van der Waals surface area contributed by atoms with Crippen LogP contribution in [0.4, 0.5) is 51.2 Å². The topological polar surface area (TPSA) is 13.0 Å². The maximum absolute atomic E-state index is 2.52. The molecule has 7 aromatic rings. The van der Waals surface area contributed by atoms with Crippen LogP contribution in [0.1, 0.15) is 26.2 Å². The van der Waals surface area contributed by atoms with Gasteiger partial charge in [-0.25, -0.2) is 0 Å². The fraction of sp³-hybridized carbons (Fsp3) is 0.0909. The first kappa shape index (κ1) is 37.3. The summed E-state index contributed by atoms with van der Waals surface area (Å²) in [7, 11) is 0. The van der Waals surface area contributed by atoms with E-state index >= 15 is 0 Å². The first-order valence-corrected chi connectivity index (χ1v) is 20.6. The van der Waals surface area contributed by atoms with Crippen LogP contribution in [0, 0.1) is 0 Å². The van der Waals surface area contributed by atoms with Gasteiger partial charge in [-0.1, -0.05) is 127 Å². The Morgan fingerprint density at radius 2 is 0.797 bits per heavy atom. The molecule has 2 aliphatic rings. The Morgan fingerprint density at radius 3 is 1.31 bits per heavy atom. The lowest BCUT2D eigenvalue weighted by molar-refractivity contribution is 0.526. The molecule has 7 aromatic carbocycles. The Morgan fingerprint density at radius 1 is 0.390 bits per heavy atom. The van der Waals surface area contributed by atoms with E-state index < -0.39 is 5.54 Å². The van der Waals surface area contributed by atoms with E-state index in [0.29, 0.717) is 0 Å². The second-order valence-corrected chi connectivity index (χ2v) is 15.1. The second kappa shape index (κ2) is 17.1. The molecular weight excluding hydrogens is 717 g/mol. The van der Waals surface area contributed by atoms with Crippen molar-refractivity contribution in [3.8, 4) is 0 Å². The summed E-state index contributed by atoms with van der Waals surface area (Å²) in [5.74, 6) is 0. The van der Waals surface area contributed by atoms with Crippen LogP contribution >= 0.6 is 0 Å². The van der Waals surface area contributed by atoms with Crippen molar-refractivity contribution in [2.45, 2.75) is 31.7 Å². The molecule has 0 saturated carbocycles. The third-order valence-corrected chi connectivity index (χ3v) is 11.2.